The van der Waals surface area contributed by atoms with Crippen molar-refractivity contribution in [1.29, 1.82) is 0 Å². The van der Waals surface area contributed by atoms with Gasteiger partial charge in [0.2, 0.25) is 5.91 Å². The summed E-state index contributed by atoms with van der Waals surface area (Å²) >= 11 is 1.93. The zero-order chi connectivity index (χ0) is 21.4. The lowest BCUT2D eigenvalue weighted by atomic mass is 10.0. The van der Waals surface area contributed by atoms with Gasteiger partial charge in [-0.3, -0.25) is 9.59 Å². The minimum absolute atomic E-state index is 0.0346. The molecule has 0 aromatic rings. The third kappa shape index (κ3) is 10.0. The zero-order valence-corrected chi connectivity index (χ0v) is 19.0. The van der Waals surface area contributed by atoms with Crippen molar-refractivity contribution < 1.29 is 19.1 Å². The Morgan fingerprint density at radius 1 is 1.00 bits per heavy atom. The minimum Gasteiger partial charge on any atom is -0.468 e. The number of hydrogen-bond donors (Lipinski definition) is 3. The van der Waals surface area contributed by atoms with Crippen LogP contribution in [0.4, 0.5) is 4.79 Å². The standard InChI is InChI=1S/C22H39N3O4S/c26-17-29-15-11-7-5-3-1-2-4-6-10-14-23-20(27)13-9-8-12-19-21-18(16-30-19)24-22(28)25-21/h17-19,21H,1-16H2,(H,23,27)(H2,24,25,28)/t18-,19?,21-/m0/s1. The molecule has 0 radical (unpaired) electrons. The molecule has 0 aromatic carbocycles. The van der Waals surface area contributed by atoms with Gasteiger partial charge < -0.3 is 20.7 Å². The molecule has 7 nitrogen and oxygen atoms in total. The van der Waals surface area contributed by atoms with Gasteiger partial charge in [0.1, 0.15) is 0 Å². The van der Waals surface area contributed by atoms with E-state index in [0.717, 1.165) is 50.8 Å². The first-order valence-electron chi connectivity index (χ1n) is 11.7. The number of thioether (sulfide) groups is 1. The number of carbonyl (C=O) groups is 3. The molecule has 3 N–H and O–H groups in total. The summed E-state index contributed by atoms with van der Waals surface area (Å²) in [6.45, 7) is 1.85. The summed E-state index contributed by atoms with van der Waals surface area (Å²) < 4.78 is 4.67. The molecular weight excluding hydrogens is 402 g/mol. The summed E-state index contributed by atoms with van der Waals surface area (Å²) in [6.07, 6.45) is 14.2. The lowest BCUT2D eigenvalue weighted by molar-refractivity contribution is -0.128. The number of unbranched alkanes of at least 4 members (excludes halogenated alkanes) is 9. The van der Waals surface area contributed by atoms with Crippen LogP contribution in [0.3, 0.4) is 0 Å². The number of hydrogen-bond acceptors (Lipinski definition) is 5. The van der Waals surface area contributed by atoms with Gasteiger partial charge in [-0.2, -0.15) is 11.8 Å². The van der Waals surface area contributed by atoms with Crippen molar-refractivity contribution in [2.24, 2.45) is 0 Å². The SMILES string of the molecule is O=COCCCCCCCCCCCNC(=O)CCCCC1SC[C@@H]2NC(=O)N[C@H]12. The van der Waals surface area contributed by atoms with Gasteiger partial charge in [-0.05, 0) is 25.7 Å². The van der Waals surface area contributed by atoms with E-state index < -0.39 is 0 Å². The minimum atomic E-state index is -0.0346. The number of rotatable bonds is 18. The van der Waals surface area contributed by atoms with E-state index in [1.54, 1.807) is 0 Å². The van der Waals surface area contributed by atoms with Crippen LogP contribution in [0.15, 0.2) is 0 Å². The Balaban J connectivity index is 1.31. The molecule has 8 heteroatoms. The van der Waals surface area contributed by atoms with Crippen LogP contribution in [0.25, 0.3) is 0 Å². The van der Waals surface area contributed by atoms with Crippen LogP contribution < -0.4 is 16.0 Å². The topological polar surface area (TPSA) is 96.5 Å². The maximum absolute atomic E-state index is 12.0. The van der Waals surface area contributed by atoms with E-state index in [2.05, 4.69) is 20.7 Å². The lowest BCUT2D eigenvalue weighted by Gasteiger charge is -2.16. The van der Waals surface area contributed by atoms with E-state index in [1.165, 1.54) is 38.5 Å². The van der Waals surface area contributed by atoms with E-state index in [4.69, 9.17) is 0 Å². The number of urea groups is 1. The average molecular weight is 442 g/mol. The first-order valence-corrected chi connectivity index (χ1v) is 12.8. The molecule has 2 aliphatic rings. The molecule has 3 amide bonds. The summed E-state index contributed by atoms with van der Waals surface area (Å²) in [4.78, 5) is 33.4. The third-order valence-corrected chi connectivity index (χ3v) is 7.42. The molecule has 0 saturated carbocycles. The fourth-order valence-corrected chi connectivity index (χ4v) is 5.73. The van der Waals surface area contributed by atoms with E-state index >= 15 is 0 Å². The fourth-order valence-electron chi connectivity index (χ4n) is 4.19. The molecule has 2 aliphatic heterocycles. The van der Waals surface area contributed by atoms with Crippen molar-refractivity contribution in [3.05, 3.63) is 0 Å². The maximum atomic E-state index is 12.0. The Morgan fingerprint density at radius 3 is 2.43 bits per heavy atom. The van der Waals surface area contributed by atoms with Gasteiger partial charge in [0.05, 0.1) is 18.7 Å². The van der Waals surface area contributed by atoms with Gasteiger partial charge in [0.15, 0.2) is 0 Å². The molecule has 0 aromatic heterocycles. The predicted octanol–water partition coefficient (Wildman–Crippen LogP) is 3.51. The molecule has 0 spiro atoms. The summed E-state index contributed by atoms with van der Waals surface area (Å²) in [5.41, 5.74) is 0. The van der Waals surface area contributed by atoms with Crippen molar-refractivity contribution >= 4 is 30.2 Å². The molecule has 0 aliphatic carbocycles. The second-order valence-corrected chi connectivity index (χ2v) is 9.64. The van der Waals surface area contributed by atoms with Gasteiger partial charge in [-0.25, -0.2) is 4.79 Å². The molecule has 2 saturated heterocycles. The third-order valence-electron chi connectivity index (χ3n) is 5.91. The molecule has 3 atom stereocenters. The summed E-state index contributed by atoms with van der Waals surface area (Å²) in [5.74, 6) is 1.16. The molecule has 0 bridgehead atoms. The number of ether oxygens (including phenoxy) is 1. The van der Waals surface area contributed by atoms with E-state index in [9.17, 15) is 14.4 Å². The van der Waals surface area contributed by atoms with E-state index in [-0.39, 0.29) is 24.0 Å². The molecule has 2 fully saturated rings. The lowest BCUT2D eigenvalue weighted by Crippen LogP contribution is -2.36. The molecular formula is C22H39N3O4S. The second kappa shape index (κ2) is 15.4. The Hall–Kier alpha value is -1.44. The first kappa shape index (κ1) is 24.8. The number of carbonyl (C=O) groups excluding carboxylic acids is 3. The van der Waals surface area contributed by atoms with Crippen molar-refractivity contribution in [2.45, 2.75) is 101 Å². The highest BCUT2D eigenvalue weighted by atomic mass is 32.2. The Kier molecular flexibility index (Phi) is 12.7. The highest BCUT2D eigenvalue weighted by Gasteiger charge is 2.42. The Labute approximate surface area is 185 Å². The zero-order valence-electron chi connectivity index (χ0n) is 18.2. The van der Waals surface area contributed by atoms with Crippen LogP contribution in [-0.2, 0) is 14.3 Å². The van der Waals surface area contributed by atoms with Crippen LogP contribution in [0.1, 0.15) is 83.5 Å². The Bertz CT molecular complexity index is 521. The number of amides is 3. The molecule has 2 heterocycles. The van der Waals surface area contributed by atoms with Crippen LogP contribution in [-0.4, -0.2) is 54.6 Å². The smallest absolute Gasteiger partial charge is 0.315 e. The van der Waals surface area contributed by atoms with Gasteiger partial charge in [-0.15, -0.1) is 0 Å². The summed E-state index contributed by atoms with van der Waals surface area (Å²) in [6, 6.07) is 0.511. The normalized spacial score (nSPS) is 22.3. The van der Waals surface area contributed by atoms with Crippen molar-refractivity contribution in [3.8, 4) is 0 Å². The number of nitrogens with one attached hydrogen (secondary N) is 3. The van der Waals surface area contributed by atoms with Gasteiger partial charge in [-0.1, -0.05) is 51.4 Å². The van der Waals surface area contributed by atoms with Gasteiger partial charge in [0, 0.05) is 24.0 Å². The van der Waals surface area contributed by atoms with Crippen LogP contribution >= 0.6 is 11.8 Å². The van der Waals surface area contributed by atoms with Crippen LogP contribution in [0.5, 0.6) is 0 Å². The first-order chi connectivity index (χ1) is 14.7. The molecule has 2 rings (SSSR count). The van der Waals surface area contributed by atoms with E-state index in [1.807, 2.05) is 11.8 Å². The largest absolute Gasteiger partial charge is 0.468 e. The van der Waals surface area contributed by atoms with Crippen LogP contribution in [0.2, 0.25) is 0 Å². The van der Waals surface area contributed by atoms with Gasteiger partial charge >= 0.3 is 6.03 Å². The summed E-state index contributed by atoms with van der Waals surface area (Å²) in [7, 11) is 0. The maximum Gasteiger partial charge on any atom is 0.315 e. The van der Waals surface area contributed by atoms with Gasteiger partial charge in [0.25, 0.3) is 6.47 Å². The Morgan fingerprint density at radius 2 is 1.70 bits per heavy atom. The van der Waals surface area contributed by atoms with E-state index in [0.29, 0.717) is 24.7 Å². The average Bonchev–Trinajstić information content (AvgIpc) is 3.28. The fraction of sp³-hybridized carbons (Fsp3) is 0.864. The molecule has 30 heavy (non-hydrogen) atoms. The molecule has 172 valence electrons. The van der Waals surface area contributed by atoms with Crippen molar-refractivity contribution in [1.82, 2.24) is 16.0 Å². The van der Waals surface area contributed by atoms with Crippen molar-refractivity contribution in [2.75, 3.05) is 18.9 Å². The number of fused-ring (bicyclic) bond motifs is 1. The highest BCUT2D eigenvalue weighted by Crippen LogP contribution is 2.33. The van der Waals surface area contributed by atoms with Crippen LogP contribution in [0, 0.1) is 0 Å². The summed E-state index contributed by atoms with van der Waals surface area (Å²) in [5, 5.41) is 9.50. The monoisotopic (exact) mass is 441 g/mol. The second-order valence-electron chi connectivity index (χ2n) is 8.37. The van der Waals surface area contributed by atoms with Crippen molar-refractivity contribution in [3.63, 3.8) is 0 Å². The predicted molar refractivity (Wildman–Crippen MR) is 121 cm³/mol. The quantitative estimate of drug-likeness (QED) is 0.172. The highest BCUT2D eigenvalue weighted by molar-refractivity contribution is 8.00. The molecule has 1 unspecified atom stereocenters.